The van der Waals surface area contributed by atoms with Crippen LogP contribution in [0, 0.1) is 5.92 Å². The number of carbonyl (C=O) groups excluding carboxylic acids is 1. The first-order chi connectivity index (χ1) is 8.13. The van der Waals surface area contributed by atoms with Gasteiger partial charge in [0.05, 0.1) is 6.61 Å². The molecule has 1 aliphatic carbocycles. The van der Waals surface area contributed by atoms with E-state index in [0.29, 0.717) is 13.0 Å². The number of carbonyl (C=O) groups is 1. The van der Waals surface area contributed by atoms with Crippen molar-refractivity contribution in [3.05, 3.63) is 0 Å². The Hall–Kier alpha value is -0.610. The molecule has 0 spiro atoms. The number of hydrogen-bond donors (Lipinski definition) is 1. The number of nitrogens with two attached hydrogens (primary N) is 1. The first-order valence-electron chi connectivity index (χ1n) is 6.74. The summed E-state index contributed by atoms with van der Waals surface area (Å²) in [6.07, 6.45) is 6.15. The fraction of sp³-hybridized carbons (Fsp3) is 0.923. The second-order valence-electron chi connectivity index (χ2n) is 5.06. The number of rotatable bonds is 7. The summed E-state index contributed by atoms with van der Waals surface area (Å²) >= 11 is 0. The number of hydrogen-bond acceptors (Lipinski definition) is 4. The Balaban J connectivity index is 2.13. The van der Waals surface area contributed by atoms with Crippen molar-refractivity contribution >= 4 is 5.97 Å². The van der Waals surface area contributed by atoms with Gasteiger partial charge < -0.3 is 15.4 Å². The van der Waals surface area contributed by atoms with E-state index >= 15 is 0 Å². The summed E-state index contributed by atoms with van der Waals surface area (Å²) in [6.45, 7) is 4.22. The first-order valence-corrected chi connectivity index (χ1v) is 6.74. The molecule has 0 aromatic carbocycles. The first kappa shape index (κ1) is 14.5. The molecule has 1 unspecified atom stereocenters. The van der Waals surface area contributed by atoms with E-state index in [1.54, 1.807) is 6.92 Å². The molecule has 1 atom stereocenters. The molecule has 0 aromatic rings. The molecule has 4 nitrogen and oxygen atoms in total. The van der Waals surface area contributed by atoms with Gasteiger partial charge in [0.15, 0.2) is 0 Å². The van der Waals surface area contributed by atoms with Gasteiger partial charge in [-0.05, 0) is 45.7 Å². The lowest BCUT2D eigenvalue weighted by Gasteiger charge is -2.21. The highest BCUT2D eigenvalue weighted by atomic mass is 16.5. The second-order valence-corrected chi connectivity index (χ2v) is 5.06. The van der Waals surface area contributed by atoms with Crippen LogP contribution in [0.5, 0.6) is 0 Å². The molecule has 1 fully saturated rings. The monoisotopic (exact) mass is 242 g/mol. The molecule has 0 saturated heterocycles. The minimum atomic E-state index is -0.471. The van der Waals surface area contributed by atoms with E-state index in [9.17, 15) is 4.79 Å². The Labute approximate surface area is 104 Å². The van der Waals surface area contributed by atoms with Crippen LogP contribution >= 0.6 is 0 Å². The van der Waals surface area contributed by atoms with Crippen LogP contribution < -0.4 is 5.73 Å². The highest BCUT2D eigenvalue weighted by Gasteiger charge is 2.18. The van der Waals surface area contributed by atoms with E-state index < -0.39 is 6.04 Å². The van der Waals surface area contributed by atoms with Crippen molar-refractivity contribution in [2.24, 2.45) is 11.7 Å². The van der Waals surface area contributed by atoms with E-state index in [0.717, 1.165) is 19.0 Å². The van der Waals surface area contributed by atoms with Gasteiger partial charge in [0.1, 0.15) is 6.04 Å². The third-order valence-electron chi connectivity index (χ3n) is 3.46. The third-order valence-corrected chi connectivity index (χ3v) is 3.46. The lowest BCUT2D eigenvalue weighted by atomic mass is 10.1. The average molecular weight is 242 g/mol. The molecule has 2 N–H and O–H groups in total. The van der Waals surface area contributed by atoms with Gasteiger partial charge in [-0.25, -0.2) is 0 Å². The SMILES string of the molecule is CCOC(=O)C(N)CCN(C)CC1CCCC1. The van der Waals surface area contributed by atoms with E-state index in [4.69, 9.17) is 10.5 Å². The van der Waals surface area contributed by atoms with Crippen LogP contribution in [0.25, 0.3) is 0 Å². The summed E-state index contributed by atoms with van der Waals surface area (Å²) in [5.41, 5.74) is 5.76. The maximum Gasteiger partial charge on any atom is 0.322 e. The van der Waals surface area contributed by atoms with Crippen molar-refractivity contribution < 1.29 is 9.53 Å². The molecule has 17 heavy (non-hydrogen) atoms. The fourth-order valence-electron chi connectivity index (χ4n) is 2.45. The van der Waals surface area contributed by atoms with Gasteiger partial charge in [-0.2, -0.15) is 0 Å². The molecule has 0 radical (unpaired) electrons. The van der Waals surface area contributed by atoms with Crippen LogP contribution in [0.1, 0.15) is 39.0 Å². The fourth-order valence-corrected chi connectivity index (χ4v) is 2.45. The maximum absolute atomic E-state index is 11.3. The van der Waals surface area contributed by atoms with Crippen LogP contribution in [0.3, 0.4) is 0 Å². The molecule has 4 heteroatoms. The van der Waals surface area contributed by atoms with Crippen LogP contribution in [0.4, 0.5) is 0 Å². The molecule has 0 heterocycles. The Morgan fingerprint density at radius 2 is 2.12 bits per heavy atom. The standard InChI is InChI=1S/C13H26N2O2/c1-3-17-13(16)12(14)8-9-15(2)10-11-6-4-5-7-11/h11-12H,3-10,14H2,1-2H3. The molecular formula is C13H26N2O2. The van der Waals surface area contributed by atoms with Gasteiger partial charge in [0, 0.05) is 6.54 Å². The topological polar surface area (TPSA) is 55.6 Å². The zero-order chi connectivity index (χ0) is 12.7. The Bertz CT molecular complexity index is 227. The second kappa shape index (κ2) is 7.67. The Morgan fingerprint density at radius 1 is 1.47 bits per heavy atom. The molecule has 0 amide bonds. The molecule has 1 rings (SSSR count). The van der Waals surface area contributed by atoms with Gasteiger partial charge in [-0.3, -0.25) is 4.79 Å². The predicted molar refractivity (Wildman–Crippen MR) is 68.7 cm³/mol. The molecule has 100 valence electrons. The highest BCUT2D eigenvalue weighted by Crippen LogP contribution is 2.25. The summed E-state index contributed by atoms with van der Waals surface area (Å²) in [6, 6.07) is -0.471. The molecule has 0 bridgehead atoms. The molecule has 0 aromatic heterocycles. The van der Waals surface area contributed by atoms with Crippen molar-refractivity contribution in [2.45, 2.75) is 45.1 Å². The Morgan fingerprint density at radius 3 is 2.71 bits per heavy atom. The van der Waals surface area contributed by atoms with E-state index in [1.165, 1.54) is 25.7 Å². The van der Waals surface area contributed by atoms with E-state index in [2.05, 4.69) is 11.9 Å². The lowest BCUT2D eigenvalue weighted by molar-refractivity contribution is -0.144. The maximum atomic E-state index is 11.3. The largest absolute Gasteiger partial charge is 0.465 e. The van der Waals surface area contributed by atoms with Gasteiger partial charge in [0.2, 0.25) is 0 Å². The highest BCUT2D eigenvalue weighted by molar-refractivity contribution is 5.75. The summed E-state index contributed by atoms with van der Waals surface area (Å²) < 4.78 is 4.89. The van der Waals surface area contributed by atoms with Crippen LogP contribution in [0.2, 0.25) is 0 Å². The summed E-state index contributed by atoms with van der Waals surface area (Å²) in [4.78, 5) is 13.6. The Kier molecular flexibility index (Phi) is 6.52. The summed E-state index contributed by atoms with van der Waals surface area (Å²) in [5.74, 6) is 0.570. The third kappa shape index (κ3) is 5.50. The minimum absolute atomic E-state index is 0.276. The predicted octanol–water partition coefficient (Wildman–Crippen LogP) is 1.39. The molecular weight excluding hydrogens is 216 g/mol. The van der Waals surface area contributed by atoms with E-state index in [1.807, 2.05) is 0 Å². The zero-order valence-electron chi connectivity index (χ0n) is 11.2. The van der Waals surface area contributed by atoms with Crippen LogP contribution in [0.15, 0.2) is 0 Å². The van der Waals surface area contributed by atoms with Crippen LogP contribution in [-0.4, -0.2) is 43.7 Å². The normalized spacial score (nSPS) is 18.6. The van der Waals surface area contributed by atoms with Crippen molar-refractivity contribution in [1.82, 2.24) is 4.90 Å². The van der Waals surface area contributed by atoms with Gasteiger partial charge >= 0.3 is 5.97 Å². The van der Waals surface area contributed by atoms with E-state index in [-0.39, 0.29) is 5.97 Å². The van der Waals surface area contributed by atoms with Gasteiger partial charge in [-0.15, -0.1) is 0 Å². The van der Waals surface area contributed by atoms with Crippen molar-refractivity contribution in [3.63, 3.8) is 0 Å². The average Bonchev–Trinajstić information content (AvgIpc) is 2.79. The minimum Gasteiger partial charge on any atom is -0.465 e. The van der Waals surface area contributed by atoms with Crippen LogP contribution in [-0.2, 0) is 9.53 Å². The lowest BCUT2D eigenvalue weighted by Crippen LogP contribution is -2.36. The van der Waals surface area contributed by atoms with Crippen molar-refractivity contribution in [1.29, 1.82) is 0 Å². The summed E-state index contributed by atoms with van der Waals surface area (Å²) in [7, 11) is 2.11. The van der Waals surface area contributed by atoms with Gasteiger partial charge in [-0.1, -0.05) is 12.8 Å². The molecule has 1 aliphatic rings. The smallest absolute Gasteiger partial charge is 0.322 e. The summed E-state index contributed by atoms with van der Waals surface area (Å²) in [5, 5.41) is 0. The quantitative estimate of drug-likeness (QED) is 0.685. The number of ether oxygens (including phenoxy) is 1. The number of nitrogens with zero attached hydrogens (tertiary/aromatic N) is 1. The number of esters is 1. The molecule has 1 saturated carbocycles. The van der Waals surface area contributed by atoms with Crippen molar-refractivity contribution in [3.8, 4) is 0 Å². The van der Waals surface area contributed by atoms with Gasteiger partial charge in [0.25, 0.3) is 0 Å². The van der Waals surface area contributed by atoms with Crippen molar-refractivity contribution in [2.75, 3.05) is 26.7 Å². The molecule has 0 aliphatic heterocycles. The zero-order valence-corrected chi connectivity index (χ0v) is 11.2.